The van der Waals surface area contributed by atoms with Crippen molar-refractivity contribution in [1.29, 1.82) is 0 Å². The van der Waals surface area contributed by atoms with Crippen molar-refractivity contribution in [3.05, 3.63) is 68.5 Å². The van der Waals surface area contributed by atoms with Crippen LogP contribution in [-0.4, -0.2) is 30.4 Å². The van der Waals surface area contributed by atoms with Gasteiger partial charge in [0, 0.05) is 24.9 Å². The van der Waals surface area contributed by atoms with Crippen LogP contribution in [-0.2, 0) is 19.8 Å². The summed E-state index contributed by atoms with van der Waals surface area (Å²) in [4.78, 5) is 22.6. The minimum atomic E-state index is -0.671. The zero-order valence-electron chi connectivity index (χ0n) is 15.2. The molecule has 0 aliphatic rings. The maximum Gasteiger partial charge on any atom is 0.311 e. The first kappa shape index (κ1) is 20.5. The molecule has 0 fully saturated rings. The molecule has 0 saturated heterocycles. The number of rotatable bonds is 8. The number of amides is 1. The zero-order chi connectivity index (χ0) is 21.0. The van der Waals surface area contributed by atoms with Gasteiger partial charge >= 0.3 is 5.69 Å². The number of nitrogens with zero attached hydrogens (tertiary/aromatic N) is 5. The SMILES string of the molecule is CCn1ncc(Br)c1CNC(=O)c1ccn(COc2cc(F)ccc2[N+](=O)[O-])n1. The number of hydrogen-bond acceptors (Lipinski definition) is 6. The van der Waals surface area contributed by atoms with E-state index in [1.165, 1.54) is 16.9 Å². The zero-order valence-corrected chi connectivity index (χ0v) is 16.8. The second-order valence-corrected chi connectivity index (χ2v) is 6.68. The van der Waals surface area contributed by atoms with Gasteiger partial charge in [-0.2, -0.15) is 10.2 Å². The number of carbonyl (C=O) groups excluding carboxylic acids is 1. The van der Waals surface area contributed by atoms with Crippen molar-refractivity contribution in [3.63, 3.8) is 0 Å². The highest BCUT2D eigenvalue weighted by molar-refractivity contribution is 9.10. The van der Waals surface area contributed by atoms with Crippen molar-refractivity contribution in [1.82, 2.24) is 24.9 Å². The van der Waals surface area contributed by atoms with Crippen LogP contribution in [0.3, 0.4) is 0 Å². The summed E-state index contributed by atoms with van der Waals surface area (Å²) in [6, 6.07) is 4.39. The molecule has 2 aromatic heterocycles. The number of nitro groups is 1. The Kier molecular flexibility index (Phi) is 6.22. The number of halogens is 2. The van der Waals surface area contributed by atoms with Gasteiger partial charge in [-0.1, -0.05) is 0 Å². The van der Waals surface area contributed by atoms with Crippen LogP contribution in [0.5, 0.6) is 5.75 Å². The van der Waals surface area contributed by atoms with Gasteiger partial charge < -0.3 is 10.1 Å². The van der Waals surface area contributed by atoms with Gasteiger partial charge in [-0.15, -0.1) is 0 Å². The van der Waals surface area contributed by atoms with E-state index in [1.807, 2.05) is 6.92 Å². The number of nitro benzene ring substituents is 1. The summed E-state index contributed by atoms with van der Waals surface area (Å²) in [5.74, 6) is -1.30. The molecule has 1 amide bonds. The van der Waals surface area contributed by atoms with Crippen molar-refractivity contribution in [2.24, 2.45) is 0 Å². The van der Waals surface area contributed by atoms with Gasteiger partial charge in [-0.25, -0.2) is 9.07 Å². The number of hydrogen-bond donors (Lipinski definition) is 1. The minimum Gasteiger partial charge on any atom is -0.464 e. The number of carbonyl (C=O) groups is 1. The molecule has 3 aromatic rings. The largest absolute Gasteiger partial charge is 0.464 e. The number of nitrogens with one attached hydrogen (secondary N) is 1. The van der Waals surface area contributed by atoms with Crippen LogP contribution in [0.2, 0.25) is 0 Å². The van der Waals surface area contributed by atoms with Crippen molar-refractivity contribution in [2.75, 3.05) is 0 Å². The van der Waals surface area contributed by atoms with E-state index in [0.717, 1.165) is 28.4 Å². The summed E-state index contributed by atoms with van der Waals surface area (Å²) in [7, 11) is 0. The average molecular weight is 467 g/mol. The van der Waals surface area contributed by atoms with Crippen molar-refractivity contribution >= 4 is 27.5 Å². The monoisotopic (exact) mass is 466 g/mol. The lowest BCUT2D eigenvalue weighted by atomic mass is 10.3. The third-order valence-corrected chi connectivity index (χ3v) is 4.62. The van der Waals surface area contributed by atoms with Crippen molar-refractivity contribution in [3.8, 4) is 5.75 Å². The third-order valence-electron chi connectivity index (χ3n) is 3.96. The highest BCUT2D eigenvalue weighted by Crippen LogP contribution is 2.27. The first-order valence-corrected chi connectivity index (χ1v) is 9.27. The summed E-state index contributed by atoms with van der Waals surface area (Å²) >= 11 is 3.39. The normalized spacial score (nSPS) is 10.7. The molecule has 0 saturated carbocycles. The van der Waals surface area contributed by atoms with E-state index >= 15 is 0 Å². The summed E-state index contributed by atoms with van der Waals surface area (Å²) in [5.41, 5.74) is 0.595. The maximum absolute atomic E-state index is 13.3. The number of aromatic nitrogens is 4. The van der Waals surface area contributed by atoms with E-state index in [0.29, 0.717) is 6.54 Å². The smallest absolute Gasteiger partial charge is 0.311 e. The van der Waals surface area contributed by atoms with E-state index in [2.05, 4.69) is 31.4 Å². The van der Waals surface area contributed by atoms with Crippen LogP contribution >= 0.6 is 15.9 Å². The molecule has 12 heteroatoms. The van der Waals surface area contributed by atoms with Gasteiger partial charge in [-0.05, 0) is 35.0 Å². The lowest BCUT2D eigenvalue weighted by Gasteiger charge is -2.07. The molecule has 0 aliphatic heterocycles. The Morgan fingerprint density at radius 1 is 1.41 bits per heavy atom. The Morgan fingerprint density at radius 2 is 2.21 bits per heavy atom. The molecule has 2 heterocycles. The molecule has 0 spiro atoms. The highest BCUT2D eigenvalue weighted by atomic mass is 79.9. The summed E-state index contributed by atoms with van der Waals surface area (Å²) in [6.45, 7) is 2.63. The number of aryl methyl sites for hydroxylation is 1. The molecule has 29 heavy (non-hydrogen) atoms. The van der Waals surface area contributed by atoms with Gasteiger partial charge in [0.15, 0.2) is 6.73 Å². The van der Waals surface area contributed by atoms with E-state index in [4.69, 9.17) is 4.74 Å². The van der Waals surface area contributed by atoms with Gasteiger partial charge in [0.05, 0.1) is 27.8 Å². The van der Waals surface area contributed by atoms with Gasteiger partial charge in [0.25, 0.3) is 5.91 Å². The average Bonchev–Trinajstić information content (AvgIpc) is 3.30. The predicted molar refractivity (Wildman–Crippen MR) is 103 cm³/mol. The van der Waals surface area contributed by atoms with E-state index in [1.54, 1.807) is 10.9 Å². The van der Waals surface area contributed by atoms with Crippen LogP contribution in [0.25, 0.3) is 0 Å². The second kappa shape index (κ2) is 8.82. The molecular formula is C17H16BrFN6O4. The van der Waals surface area contributed by atoms with E-state index in [9.17, 15) is 19.3 Å². The Bertz CT molecular complexity index is 1050. The summed E-state index contributed by atoms with van der Waals surface area (Å²) in [5, 5.41) is 22.0. The Hall–Kier alpha value is -3.28. The van der Waals surface area contributed by atoms with E-state index < -0.39 is 16.6 Å². The van der Waals surface area contributed by atoms with Crippen molar-refractivity contribution < 1.29 is 18.8 Å². The molecule has 0 bridgehead atoms. The Morgan fingerprint density at radius 3 is 2.93 bits per heavy atom. The Labute approximate surface area is 172 Å². The first-order chi connectivity index (χ1) is 13.9. The molecule has 1 aromatic carbocycles. The van der Waals surface area contributed by atoms with Gasteiger partial charge in [0.2, 0.25) is 5.75 Å². The maximum atomic E-state index is 13.3. The molecular weight excluding hydrogens is 451 g/mol. The van der Waals surface area contributed by atoms with Gasteiger partial charge in [-0.3, -0.25) is 19.6 Å². The topological polar surface area (TPSA) is 117 Å². The molecule has 10 nitrogen and oxygen atoms in total. The number of ether oxygens (including phenoxy) is 1. The fraction of sp³-hybridized carbons (Fsp3) is 0.235. The third kappa shape index (κ3) is 4.77. The standard InChI is InChI=1S/C17H16BrFN6O4/c1-2-24-15(12(18)8-21-24)9-20-17(26)13-5-6-23(22-13)10-29-16-7-11(19)3-4-14(16)25(27)28/h3-8H,2,9-10H2,1H3,(H,20,26). The van der Waals surface area contributed by atoms with Crippen LogP contribution in [0.1, 0.15) is 23.1 Å². The first-order valence-electron chi connectivity index (χ1n) is 8.47. The second-order valence-electron chi connectivity index (χ2n) is 5.82. The molecule has 3 rings (SSSR count). The lowest BCUT2D eigenvalue weighted by Crippen LogP contribution is -2.25. The number of benzene rings is 1. The van der Waals surface area contributed by atoms with Gasteiger partial charge in [0.1, 0.15) is 11.5 Å². The molecule has 152 valence electrons. The van der Waals surface area contributed by atoms with Crippen LogP contribution in [0, 0.1) is 15.9 Å². The fourth-order valence-electron chi connectivity index (χ4n) is 2.54. The van der Waals surface area contributed by atoms with E-state index in [-0.39, 0.29) is 30.4 Å². The minimum absolute atomic E-state index is 0.140. The highest BCUT2D eigenvalue weighted by Gasteiger charge is 2.17. The fourth-order valence-corrected chi connectivity index (χ4v) is 2.97. The van der Waals surface area contributed by atoms with Crippen LogP contribution in [0.4, 0.5) is 10.1 Å². The quantitative estimate of drug-likeness (QED) is 0.402. The Balaban J connectivity index is 1.62. The molecule has 0 radical (unpaired) electrons. The molecule has 0 atom stereocenters. The summed E-state index contributed by atoms with van der Waals surface area (Å²) < 4.78 is 22.4. The van der Waals surface area contributed by atoms with Crippen LogP contribution < -0.4 is 10.1 Å². The van der Waals surface area contributed by atoms with Crippen LogP contribution in [0.15, 0.2) is 41.1 Å². The predicted octanol–water partition coefficient (Wildman–Crippen LogP) is 2.88. The molecule has 1 N–H and O–H groups in total. The summed E-state index contributed by atoms with van der Waals surface area (Å²) in [6.07, 6.45) is 3.13. The van der Waals surface area contributed by atoms with Crippen molar-refractivity contribution in [2.45, 2.75) is 26.7 Å². The lowest BCUT2D eigenvalue weighted by molar-refractivity contribution is -0.386. The molecule has 0 aliphatic carbocycles. The molecule has 0 unspecified atom stereocenters.